The minimum absolute atomic E-state index is 0.0845. The molecule has 0 saturated heterocycles. The van der Waals surface area contributed by atoms with Gasteiger partial charge in [0, 0.05) is 18.2 Å². The molecular weight excluding hydrogens is 381 g/mol. The van der Waals surface area contributed by atoms with Crippen molar-refractivity contribution in [1.82, 2.24) is 24.5 Å². The van der Waals surface area contributed by atoms with Crippen molar-refractivity contribution in [3.05, 3.63) is 75.0 Å². The zero-order chi connectivity index (χ0) is 20.1. The maximum absolute atomic E-state index is 14.5. The number of hydrogen-bond acceptors (Lipinski definition) is 4. The SMILES string of the molecule is Cn1c(=O)c2ccccc2n2c(CNC(C)(C)c3cccc(Cl)c3F)nnc12. The summed E-state index contributed by atoms with van der Waals surface area (Å²) in [6.07, 6.45) is 0. The quantitative estimate of drug-likeness (QED) is 0.571. The molecule has 2 heterocycles. The number of para-hydroxylation sites is 1. The number of aromatic nitrogens is 4. The van der Waals surface area contributed by atoms with Crippen LogP contribution in [0.3, 0.4) is 0 Å². The third-order valence-corrected chi connectivity index (χ3v) is 5.30. The van der Waals surface area contributed by atoms with E-state index in [0.29, 0.717) is 29.1 Å². The van der Waals surface area contributed by atoms with Crippen molar-refractivity contribution in [3.8, 4) is 0 Å². The van der Waals surface area contributed by atoms with Gasteiger partial charge in [0.1, 0.15) is 5.82 Å². The zero-order valence-corrected chi connectivity index (χ0v) is 16.5. The van der Waals surface area contributed by atoms with Crippen molar-refractivity contribution in [3.63, 3.8) is 0 Å². The van der Waals surface area contributed by atoms with Crippen LogP contribution in [0.4, 0.5) is 4.39 Å². The molecule has 6 nitrogen and oxygen atoms in total. The first-order valence-corrected chi connectivity index (χ1v) is 9.20. The number of benzene rings is 2. The van der Waals surface area contributed by atoms with Crippen molar-refractivity contribution < 1.29 is 4.39 Å². The molecule has 0 aliphatic rings. The Morgan fingerprint density at radius 2 is 1.89 bits per heavy atom. The van der Waals surface area contributed by atoms with Gasteiger partial charge < -0.3 is 5.32 Å². The molecule has 1 N–H and O–H groups in total. The molecule has 0 spiro atoms. The van der Waals surface area contributed by atoms with Crippen LogP contribution in [0.1, 0.15) is 25.2 Å². The van der Waals surface area contributed by atoms with Gasteiger partial charge in [0.15, 0.2) is 5.82 Å². The smallest absolute Gasteiger partial charge is 0.262 e. The fourth-order valence-electron chi connectivity index (χ4n) is 3.39. The summed E-state index contributed by atoms with van der Waals surface area (Å²) in [6, 6.07) is 12.3. The minimum atomic E-state index is -0.697. The van der Waals surface area contributed by atoms with Gasteiger partial charge in [-0.05, 0) is 32.0 Å². The van der Waals surface area contributed by atoms with Crippen LogP contribution in [-0.4, -0.2) is 19.2 Å². The molecule has 0 saturated carbocycles. The standard InChI is InChI=1S/C20H19ClFN5O/c1-20(2,13-8-6-9-14(21)17(13)22)23-11-16-24-25-19-26(3)18(28)12-7-4-5-10-15(12)27(16)19/h4-10,23H,11H2,1-3H3. The molecule has 4 rings (SSSR count). The first kappa shape index (κ1) is 18.6. The molecule has 0 fully saturated rings. The number of fused-ring (bicyclic) bond motifs is 3. The Balaban J connectivity index is 1.77. The fraction of sp³-hybridized carbons (Fsp3) is 0.250. The monoisotopic (exact) mass is 399 g/mol. The summed E-state index contributed by atoms with van der Waals surface area (Å²) in [7, 11) is 1.67. The van der Waals surface area contributed by atoms with E-state index in [4.69, 9.17) is 11.6 Å². The molecule has 0 amide bonds. The number of rotatable bonds is 4. The summed E-state index contributed by atoms with van der Waals surface area (Å²) in [4.78, 5) is 12.5. The maximum Gasteiger partial charge on any atom is 0.262 e. The lowest BCUT2D eigenvalue weighted by Crippen LogP contribution is -2.37. The van der Waals surface area contributed by atoms with Gasteiger partial charge >= 0.3 is 0 Å². The van der Waals surface area contributed by atoms with Crippen molar-refractivity contribution in [2.24, 2.45) is 7.05 Å². The Labute approximate surface area is 165 Å². The van der Waals surface area contributed by atoms with Crippen LogP contribution in [0.25, 0.3) is 16.7 Å². The van der Waals surface area contributed by atoms with E-state index < -0.39 is 11.4 Å². The Morgan fingerprint density at radius 1 is 1.14 bits per heavy atom. The fourth-order valence-corrected chi connectivity index (χ4v) is 3.56. The molecule has 0 atom stereocenters. The van der Waals surface area contributed by atoms with E-state index in [0.717, 1.165) is 5.52 Å². The second-order valence-electron chi connectivity index (χ2n) is 7.21. The van der Waals surface area contributed by atoms with Gasteiger partial charge in [0.05, 0.1) is 22.5 Å². The highest BCUT2D eigenvalue weighted by molar-refractivity contribution is 6.30. The molecule has 0 aliphatic heterocycles. The van der Waals surface area contributed by atoms with E-state index in [-0.39, 0.29) is 10.6 Å². The van der Waals surface area contributed by atoms with Crippen LogP contribution < -0.4 is 10.9 Å². The van der Waals surface area contributed by atoms with Gasteiger partial charge in [-0.3, -0.25) is 13.8 Å². The molecule has 8 heteroatoms. The highest BCUT2D eigenvalue weighted by Gasteiger charge is 2.26. The molecule has 144 valence electrons. The predicted octanol–water partition coefficient (Wildman–Crippen LogP) is 3.40. The molecule has 0 aliphatic carbocycles. The van der Waals surface area contributed by atoms with E-state index in [9.17, 15) is 9.18 Å². The molecule has 2 aromatic heterocycles. The number of nitrogens with zero attached hydrogens (tertiary/aromatic N) is 4. The lowest BCUT2D eigenvalue weighted by molar-refractivity contribution is 0.378. The summed E-state index contributed by atoms with van der Waals surface area (Å²) in [5, 5.41) is 12.4. The first-order chi connectivity index (χ1) is 13.3. The molecule has 0 radical (unpaired) electrons. The Morgan fingerprint density at radius 3 is 2.68 bits per heavy atom. The topological polar surface area (TPSA) is 64.2 Å². The number of nitrogens with one attached hydrogen (secondary N) is 1. The number of halogens is 2. The van der Waals surface area contributed by atoms with Crippen molar-refractivity contribution in [2.45, 2.75) is 25.9 Å². The van der Waals surface area contributed by atoms with E-state index in [2.05, 4.69) is 15.5 Å². The average molecular weight is 400 g/mol. The third kappa shape index (κ3) is 2.87. The number of hydrogen-bond donors (Lipinski definition) is 1. The van der Waals surface area contributed by atoms with E-state index in [1.165, 1.54) is 10.6 Å². The second-order valence-corrected chi connectivity index (χ2v) is 7.62. The van der Waals surface area contributed by atoms with Crippen LogP contribution in [0.15, 0.2) is 47.3 Å². The van der Waals surface area contributed by atoms with Crippen LogP contribution in [0.2, 0.25) is 5.02 Å². The summed E-state index contributed by atoms with van der Waals surface area (Å²) in [5.41, 5.74) is 0.369. The van der Waals surface area contributed by atoms with Crippen LogP contribution in [-0.2, 0) is 19.1 Å². The lowest BCUT2D eigenvalue weighted by atomic mass is 9.93. The van der Waals surface area contributed by atoms with Crippen LogP contribution in [0, 0.1) is 5.82 Å². The highest BCUT2D eigenvalue weighted by Crippen LogP contribution is 2.28. The van der Waals surface area contributed by atoms with Gasteiger partial charge in [0.25, 0.3) is 5.56 Å². The van der Waals surface area contributed by atoms with Crippen LogP contribution in [0.5, 0.6) is 0 Å². The van der Waals surface area contributed by atoms with Gasteiger partial charge in [0.2, 0.25) is 5.78 Å². The Hall–Kier alpha value is -2.77. The third-order valence-electron chi connectivity index (χ3n) is 5.01. The molecule has 0 unspecified atom stereocenters. The van der Waals surface area contributed by atoms with E-state index in [1.54, 1.807) is 25.2 Å². The summed E-state index contributed by atoms with van der Waals surface area (Å²) in [5.74, 6) is 0.630. The molecule has 28 heavy (non-hydrogen) atoms. The highest BCUT2D eigenvalue weighted by atomic mass is 35.5. The molecule has 0 bridgehead atoms. The van der Waals surface area contributed by atoms with Gasteiger partial charge in [-0.2, -0.15) is 0 Å². The van der Waals surface area contributed by atoms with Gasteiger partial charge in [-0.25, -0.2) is 4.39 Å². The summed E-state index contributed by atoms with van der Waals surface area (Å²) in [6.45, 7) is 4.07. The van der Waals surface area contributed by atoms with E-state index in [1.807, 2.05) is 36.4 Å². The first-order valence-electron chi connectivity index (χ1n) is 8.82. The van der Waals surface area contributed by atoms with E-state index >= 15 is 0 Å². The maximum atomic E-state index is 14.5. The van der Waals surface area contributed by atoms with Gasteiger partial charge in [-0.1, -0.05) is 35.9 Å². The summed E-state index contributed by atoms with van der Waals surface area (Å²) >= 11 is 5.93. The number of aryl methyl sites for hydroxylation is 1. The Kier molecular flexibility index (Phi) is 4.44. The Bertz CT molecular complexity index is 1260. The normalized spacial score (nSPS) is 12.2. The minimum Gasteiger partial charge on any atom is -0.301 e. The second kappa shape index (κ2) is 6.68. The van der Waals surface area contributed by atoms with Gasteiger partial charge in [-0.15, -0.1) is 10.2 Å². The molecular formula is C20H19ClFN5O. The largest absolute Gasteiger partial charge is 0.301 e. The lowest BCUT2D eigenvalue weighted by Gasteiger charge is -2.27. The molecule has 2 aromatic carbocycles. The van der Waals surface area contributed by atoms with Crippen molar-refractivity contribution in [1.29, 1.82) is 0 Å². The van der Waals surface area contributed by atoms with Crippen LogP contribution >= 0.6 is 11.6 Å². The van der Waals surface area contributed by atoms with Crippen molar-refractivity contribution >= 4 is 28.3 Å². The average Bonchev–Trinajstić information content (AvgIpc) is 3.11. The predicted molar refractivity (Wildman–Crippen MR) is 107 cm³/mol. The zero-order valence-electron chi connectivity index (χ0n) is 15.7. The summed E-state index contributed by atoms with van der Waals surface area (Å²) < 4.78 is 17.8. The molecule has 4 aromatic rings. The van der Waals surface area contributed by atoms with Crippen molar-refractivity contribution in [2.75, 3.05) is 0 Å².